The van der Waals surface area contributed by atoms with Crippen LogP contribution in [0.1, 0.15) is 26.7 Å². The first kappa shape index (κ1) is 13.8. The Kier molecular flexibility index (Phi) is 4.73. The first-order valence-electron chi connectivity index (χ1n) is 6.78. The molecule has 1 aromatic rings. The van der Waals surface area contributed by atoms with Crippen LogP contribution in [-0.2, 0) is 0 Å². The number of aliphatic hydroxyl groups excluding tert-OH is 1. The summed E-state index contributed by atoms with van der Waals surface area (Å²) in [4.78, 5) is 14.9. The molecule has 19 heavy (non-hydrogen) atoms. The molecule has 1 atom stereocenters. The third-order valence-corrected chi connectivity index (χ3v) is 3.06. The van der Waals surface area contributed by atoms with Crippen molar-refractivity contribution in [2.75, 3.05) is 36.5 Å². The average molecular weight is 267 g/mol. The van der Waals surface area contributed by atoms with E-state index in [2.05, 4.69) is 20.3 Å². The van der Waals surface area contributed by atoms with Crippen LogP contribution in [0.2, 0.25) is 0 Å². The predicted octanol–water partition coefficient (Wildman–Crippen LogP) is 0.663. The summed E-state index contributed by atoms with van der Waals surface area (Å²) >= 11 is 0. The molecule has 0 radical (unpaired) electrons. The summed E-state index contributed by atoms with van der Waals surface area (Å²) in [5.41, 5.74) is 0. The number of nitrogens with zero attached hydrogens (tertiary/aromatic N) is 4. The van der Waals surface area contributed by atoms with E-state index in [-0.39, 0.29) is 12.6 Å². The molecule has 0 amide bonds. The molecule has 0 bridgehead atoms. The Morgan fingerprint density at radius 1 is 1.37 bits per heavy atom. The predicted molar refractivity (Wildman–Crippen MR) is 72.6 cm³/mol. The molecule has 0 aliphatic carbocycles. The van der Waals surface area contributed by atoms with E-state index in [1.165, 1.54) is 0 Å². The highest BCUT2D eigenvalue weighted by molar-refractivity contribution is 5.40. The van der Waals surface area contributed by atoms with Crippen molar-refractivity contribution in [1.29, 1.82) is 0 Å². The van der Waals surface area contributed by atoms with E-state index in [4.69, 9.17) is 4.74 Å². The molecule has 7 nitrogen and oxygen atoms in total. The van der Waals surface area contributed by atoms with Crippen LogP contribution in [0.4, 0.5) is 11.9 Å². The van der Waals surface area contributed by atoms with Crippen LogP contribution in [0.5, 0.6) is 6.01 Å². The Morgan fingerprint density at radius 3 is 2.89 bits per heavy atom. The van der Waals surface area contributed by atoms with Crippen LogP contribution < -0.4 is 15.0 Å². The zero-order valence-corrected chi connectivity index (χ0v) is 11.5. The van der Waals surface area contributed by atoms with Gasteiger partial charge in [-0.1, -0.05) is 0 Å². The molecular weight excluding hydrogens is 246 g/mol. The van der Waals surface area contributed by atoms with Gasteiger partial charge in [-0.2, -0.15) is 15.0 Å². The largest absolute Gasteiger partial charge is 0.464 e. The first-order valence-corrected chi connectivity index (χ1v) is 6.78. The number of ether oxygens (including phenoxy) is 1. The van der Waals surface area contributed by atoms with Gasteiger partial charge in [0.25, 0.3) is 0 Å². The second kappa shape index (κ2) is 6.51. The van der Waals surface area contributed by atoms with E-state index in [0.717, 1.165) is 25.9 Å². The summed E-state index contributed by atoms with van der Waals surface area (Å²) in [7, 11) is 0. The van der Waals surface area contributed by atoms with E-state index in [1.54, 1.807) is 0 Å². The number of aliphatic hydroxyl groups is 1. The molecule has 1 unspecified atom stereocenters. The van der Waals surface area contributed by atoms with Gasteiger partial charge >= 0.3 is 6.01 Å². The Morgan fingerprint density at radius 2 is 2.21 bits per heavy atom. The number of nitrogens with one attached hydrogen (secondary N) is 1. The number of aromatic nitrogens is 3. The fourth-order valence-corrected chi connectivity index (χ4v) is 2.19. The second-order valence-electron chi connectivity index (χ2n) is 4.38. The van der Waals surface area contributed by atoms with Crippen LogP contribution >= 0.6 is 0 Å². The molecule has 7 heteroatoms. The van der Waals surface area contributed by atoms with Crippen LogP contribution in [0, 0.1) is 0 Å². The summed E-state index contributed by atoms with van der Waals surface area (Å²) in [5, 5.41) is 12.5. The minimum atomic E-state index is 0.0892. The normalized spacial score (nSPS) is 18.7. The van der Waals surface area contributed by atoms with Gasteiger partial charge in [-0.05, 0) is 26.7 Å². The van der Waals surface area contributed by atoms with Gasteiger partial charge in [0.15, 0.2) is 0 Å². The van der Waals surface area contributed by atoms with Crippen molar-refractivity contribution in [3.63, 3.8) is 0 Å². The van der Waals surface area contributed by atoms with Gasteiger partial charge in [-0.25, -0.2) is 0 Å². The molecule has 2 rings (SSSR count). The summed E-state index contributed by atoms with van der Waals surface area (Å²) in [5.74, 6) is 1.09. The van der Waals surface area contributed by atoms with Crippen LogP contribution in [0.3, 0.4) is 0 Å². The molecule has 2 heterocycles. The number of anilines is 2. The zero-order chi connectivity index (χ0) is 13.7. The molecule has 1 aliphatic heterocycles. The topological polar surface area (TPSA) is 83.4 Å². The van der Waals surface area contributed by atoms with Gasteiger partial charge in [-0.15, -0.1) is 0 Å². The minimum absolute atomic E-state index is 0.0892. The van der Waals surface area contributed by atoms with Gasteiger partial charge in [0.2, 0.25) is 11.9 Å². The summed E-state index contributed by atoms with van der Waals surface area (Å²) in [6.07, 6.45) is 2.00. The second-order valence-corrected chi connectivity index (χ2v) is 4.38. The van der Waals surface area contributed by atoms with E-state index < -0.39 is 0 Å². The minimum Gasteiger partial charge on any atom is -0.464 e. The van der Waals surface area contributed by atoms with Gasteiger partial charge in [0, 0.05) is 13.1 Å². The average Bonchev–Trinajstić information content (AvgIpc) is 2.87. The molecule has 2 N–H and O–H groups in total. The maximum absolute atomic E-state index is 9.38. The molecule has 1 aliphatic rings. The van der Waals surface area contributed by atoms with Crippen LogP contribution in [-0.4, -0.2) is 52.4 Å². The summed E-state index contributed by atoms with van der Waals surface area (Å²) < 4.78 is 5.37. The fourth-order valence-electron chi connectivity index (χ4n) is 2.19. The van der Waals surface area contributed by atoms with Crippen molar-refractivity contribution in [2.45, 2.75) is 32.7 Å². The third-order valence-electron chi connectivity index (χ3n) is 3.06. The monoisotopic (exact) mass is 267 g/mol. The Balaban J connectivity index is 2.27. The van der Waals surface area contributed by atoms with Gasteiger partial charge < -0.3 is 20.1 Å². The molecule has 1 fully saturated rings. The molecule has 1 aromatic heterocycles. The standard InChI is InChI=1S/C12H21N5O2/c1-3-13-10-14-11(16-12(15-10)19-4-2)17-7-5-6-9(17)8-18/h9,18H,3-8H2,1-2H3,(H,13,14,15,16). The number of hydrogen-bond donors (Lipinski definition) is 2. The molecule has 0 aromatic carbocycles. The SMILES string of the molecule is CCNc1nc(OCC)nc(N2CCCC2CO)n1. The van der Waals surface area contributed by atoms with Gasteiger partial charge in [0.1, 0.15) is 0 Å². The molecular formula is C12H21N5O2. The van der Waals surface area contributed by atoms with Gasteiger partial charge in [-0.3, -0.25) is 0 Å². The van der Waals surface area contributed by atoms with Crippen molar-refractivity contribution < 1.29 is 9.84 Å². The number of rotatable bonds is 6. The summed E-state index contributed by atoms with van der Waals surface area (Å²) in [6, 6.07) is 0.415. The lowest BCUT2D eigenvalue weighted by Gasteiger charge is -2.23. The fraction of sp³-hybridized carbons (Fsp3) is 0.750. The maximum atomic E-state index is 9.38. The molecule has 1 saturated heterocycles. The van der Waals surface area contributed by atoms with Crippen molar-refractivity contribution in [3.05, 3.63) is 0 Å². The lowest BCUT2D eigenvalue weighted by atomic mass is 10.2. The Bertz CT molecular complexity index is 391. The maximum Gasteiger partial charge on any atom is 0.323 e. The van der Waals surface area contributed by atoms with Crippen molar-refractivity contribution in [3.8, 4) is 6.01 Å². The summed E-state index contributed by atoms with van der Waals surface area (Å²) in [6.45, 7) is 6.09. The molecule has 106 valence electrons. The first-order chi connectivity index (χ1) is 9.28. The van der Waals surface area contributed by atoms with Crippen LogP contribution in [0.25, 0.3) is 0 Å². The van der Waals surface area contributed by atoms with E-state index in [1.807, 2.05) is 18.7 Å². The van der Waals surface area contributed by atoms with Gasteiger partial charge in [0.05, 0.1) is 19.3 Å². The smallest absolute Gasteiger partial charge is 0.323 e. The quantitative estimate of drug-likeness (QED) is 0.783. The van der Waals surface area contributed by atoms with Crippen LogP contribution in [0.15, 0.2) is 0 Å². The highest BCUT2D eigenvalue weighted by Gasteiger charge is 2.27. The van der Waals surface area contributed by atoms with E-state index >= 15 is 0 Å². The Labute approximate surface area is 113 Å². The zero-order valence-electron chi connectivity index (χ0n) is 11.5. The molecule has 0 saturated carbocycles. The lowest BCUT2D eigenvalue weighted by molar-refractivity contribution is 0.265. The number of hydrogen-bond acceptors (Lipinski definition) is 7. The van der Waals surface area contributed by atoms with Crippen molar-refractivity contribution >= 4 is 11.9 Å². The highest BCUT2D eigenvalue weighted by atomic mass is 16.5. The molecule has 0 spiro atoms. The highest BCUT2D eigenvalue weighted by Crippen LogP contribution is 2.24. The van der Waals surface area contributed by atoms with Crippen molar-refractivity contribution in [1.82, 2.24) is 15.0 Å². The lowest BCUT2D eigenvalue weighted by Crippen LogP contribution is -2.33. The van der Waals surface area contributed by atoms with E-state index in [9.17, 15) is 5.11 Å². The third kappa shape index (κ3) is 3.23. The van der Waals surface area contributed by atoms with E-state index in [0.29, 0.717) is 24.5 Å². The Hall–Kier alpha value is -1.63. The van der Waals surface area contributed by atoms with Crippen molar-refractivity contribution in [2.24, 2.45) is 0 Å².